The van der Waals surface area contributed by atoms with E-state index in [9.17, 15) is 9.59 Å². The van der Waals surface area contributed by atoms with Crippen molar-refractivity contribution in [3.05, 3.63) is 107 Å². The number of hydrogen-bond donors (Lipinski definition) is 0. The van der Waals surface area contributed by atoms with Gasteiger partial charge in [0.1, 0.15) is 0 Å². The number of likely N-dealkylation sites (tertiary alicyclic amines) is 2. The number of esters is 1. The second-order valence-corrected chi connectivity index (χ2v) is 10.4. The van der Waals surface area contributed by atoms with Gasteiger partial charge in [0.15, 0.2) is 0 Å². The topological polar surface area (TPSA) is 49.9 Å². The molecular formula is C32H36N2O3. The Kier molecular flexibility index (Phi) is 7.71. The first kappa shape index (κ1) is 25.2. The van der Waals surface area contributed by atoms with Crippen LogP contribution in [0.25, 0.3) is 0 Å². The molecule has 3 aromatic rings. The van der Waals surface area contributed by atoms with Crippen LogP contribution in [0.3, 0.4) is 0 Å². The number of hydrogen-bond acceptors (Lipinski definition) is 4. The number of rotatable bonds is 8. The lowest BCUT2D eigenvalue weighted by molar-refractivity contribution is -0.138. The largest absolute Gasteiger partial charge is 0.465 e. The van der Waals surface area contributed by atoms with E-state index >= 15 is 0 Å². The van der Waals surface area contributed by atoms with Crippen LogP contribution in [-0.4, -0.2) is 55.0 Å². The fraction of sp³-hybridized carbons (Fsp3) is 0.375. The molecule has 192 valence electrons. The number of methoxy groups -OCH3 is 1. The minimum absolute atomic E-state index is 0.208. The molecule has 0 saturated carbocycles. The summed E-state index contributed by atoms with van der Waals surface area (Å²) < 4.78 is 4.78. The maximum Gasteiger partial charge on any atom is 0.337 e. The summed E-state index contributed by atoms with van der Waals surface area (Å²) in [6, 6.07) is 29.0. The lowest BCUT2D eigenvalue weighted by Gasteiger charge is -2.38. The van der Waals surface area contributed by atoms with Gasteiger partial charge >= 0.3 is 5.97 Å². The van der Waals surface area contributed by atoms with Crippen LogP contribution < -0.4 is 0 Å². The number of carbonyl (C=O) groups excluding carboxylic acids is 2. The van der Waals surface area contributed by atoms with E-state index in [-0.39, 0.29) is 11.4 Å². The lowest BCUT2D eigenvalue weighted by atomic mass is 9.77. The number of ether oxygens (including phenoxy) is 1. The Bertz CT molecular complexity index is 1150. The highest BCUT2D eigenvalue weighted by molar-refractivity contribution is 5.89. The highest BCUT2D eigenvalue weighted by Gasteiger charge is 2.47. The van der Waals surface area contributed by atoms with E-state index in [1.165, 1.54) is 18.2 Å². The lowest BCUT2D eigenvalue weighted by Crippen LogP contribution is -2.45. The maximum absolute atomic E-state index is 13.5. The third kappa shape index (κ3) is 5.62. The second kappa shape index (κ2) is 11.3. The summed E-state index contributed by atoms with van der Waals surface area (Å²) >= 11 is 0. The Morgan fingerprint density at radius 1 is 0.838 bits per heavy atom. The van der Waals surface area contributed by atoms with E-state index in [0.29, 0.717) is 23.9 Å². The van der Waals surface area contributed by atoms with Crippen molar-refractivity contribution in [1.82, 2.24) is 9.80 Å². The van der Waals surface area contributed by atoms with Crippen molar-refractivity contribution in [2.45, 2.75) is 38.1 Å². The smallest absolute Gasteiger partial charge is 0.337 e. The maximum atomic E-state index is 13.5. The summed E-state index contributed by atoms with van der Waals surface area (Å²) in [7, 11) is 1.38. The standard InChI is InChI=1S/C32H36N2O3/c1-37-30(35)28-14-12-25(13-15-28)24-34-23-19-32(31(34)36)17-21-33(22-18-32)20-16-29(26-8-4-2-5-9-26)27-10-6-3-7-11-27/h2-15,29H,16-24H2,1H3. The molecule has 37 heavy (non-hydrogen) atoms. The van der Waals surface area contributed by atoms with Gasteiger partial charge in [0, 0.05) is 19.0 Å². The van der Waals surface area contributed by atoms with Crippen molar-refractivity contribution in [3.8, 4) is 0 Å². The Hall–Kier alpha value is -3.44. The molecule has 0 bridgehead atoms. The Balaban J connectivity index is 1.16. The Morgan fingerprint density at radius 2 is 1.41 bits per heavy atom. The molecule has 5 rings (SSSR count). The molecule has 0 atom stereocenters. The fourth-order valence-corrected chi connectivity index (χ4v) is 6.00. The Morgan fingerprint density at radius 3 is 1.97 bits per heavy atom. The van der Waals surface area contributed by atoms with Crippen LogP contribution in [0.4, 0.5) is 0 Å². The first-order chi connectivity index (χ1) is 18.1. The summed E-state index contributed by atoms with van der Waals surface area (Å²) in [4.78, 5) is 29.7. The summed E-state index contributed by atoms with van der Waals surface area (Å²) in [5, 5.41) is 0. The van der Waals surface area contributed by atoms with Crippen LogP contribution in [0.5, 0.6) is 0 Å². The molecule has 5 nitrogen and oxygen atoms in total. The average molecular weight is 497 g/mol. The van der Waals surface area contributed by atoms with E-state index in [2.05, 4.69) is 65.6 Å². The summed E-state index contributed by atoms with van der Waals surface area (Å²) in [6.45, 7) is 4.39. The van der Waals surface area contributed by atoms with E-state index in [0.717, 1.165) is 57.4 Å². The van der Waals surface area contributed by atoms with Gasteiger partial charge in [-0.05, 0) is 74.1 Å². The molecule has 2 saturated heterocycles. The van der Waals surface area contributed by atoms with Gasteiger partial charge in [-0.1, -0.05) is 72.8 Å². The molecule has 1 amide bonds. The van der Waals surface area contributed by atoms with Crippen molar-refractivity contribution in [1.29, 1.82) is 0 Å². The molecular weight excluding hydrogens is 460 g/mol. The zero-order valence-corrected chi connectivity index (χ0v) is 21.6. The zero-order chi connectivity index (χ0) is 25.7. The van der Waals surface area contributed by atoms with E-state index in [4.69, 9.17) is 4.74 Å². The van der Waals surface area contributed by atoms with Gasteiger partial charge in [-0.15, -0.1) is 0 Å². The summed E-state index contributed by atoms with van der Waals surface area (Å²) in [5.74, 6) is 0.344. The molecule has 3 aromatic carbocycles. The monoisotopic (exact) mass is 496 g/mol. The van der Waals surface area contributed by atoms with E-state index < -0.39 is 0 Å². The van der Waals surface area contributed by atoms with Gasteiger partial charge in [0.05, 0.1) is 18.1 Å². The van der Waals surface area contributed by atoms with Gasteiger partial charge in [-0.25, -0.2) is 4.79 Å². The van der Waals surface area contributed by atoms with Gasteiger partial charge in [0.2, 0.25) is 5.91 Å². The van der Waals surface area contributed by atoms with Crippen molar-refractivity contribution >= 4 is 11.9 Å². The summed E-state index contributed by atoms with van der Waals surface area (Å²) in [5.41, 5.74) is 4.10. The number of piperidine rings is 1. The first-order valence-electron chi connectivity index (χ1n) is 13.4. The van der Waals surface area contributed by atoms with Crippen molar-refractivity contribution in [3.63, 3.8) is 0 Å². The average Bonchev–Trinajstić information content (AvgIpc) is 3.25. The molecule has 2 heterocycles. The molecule has 2 aliphatic rings. The minimum Gasteiger partial charge on any atom is -0.465 e. The normalized spacial score (nSPS) is 17.5. The Labute approximate surface area is 220 Å². The third-order valence-electron chi connectivity index (χ3n) is 8.30. The van der Waals surface area contributed by atoms with E-state index in [1.54, 1.807) is 12.1 Å². The molecule has 0 unspecified atom stereocenters. The van der Waals surface area contributed by atoms with Crippen molar-refractivity contribution < 1.29 is 14.3 Å². The highest BCUT2D eigenvalue weighted by Crippen LogP contribution is 2.42. The van der Waals surface area contributed by atoms with Crippen LogP contribution in [0, 0.1) is 5.41 Å². The SMILES string of the molecule is COC(=O)c1ccc(CN2CCC3(CCN(CCC(c4ccccc4)c4ccccc4)CC3)C2=O)cc1. The quantitative estimate of drug-likeness (QED) is 0.386. The molecule has 0 aromatic heterocycles. The van der Waals surface area contributed by atoms with Gasteiger partial charge < -0.3 is 14.5 Å². The predicted octanol–water partition coefficient (Wildman–Crippen LogP) is 5.51. The molecule has 1 spiro atoms. The van der Waals surface area contributed by atoms with Crippen LogP contribution in [0.1, 0.15) is 58.6 Å². The van der Waals surface area contributed by atoms with Crippen LogP contribution in [0.2, 0.25) is 0 Å². The van der Waals surface area contributed by atoms with Crippen LogP contribution >= 0.6 is 0 Å². The van der Waals surface area contributed by atoms with Crippen LogP contribution in [-0.2, 0) is 16.1 Å². The number of carbonyl (C=O) groups is 2. The van der Waals surface area contributed by atoms with Crippen LogP contribution in [0.15, 0.2) is 84.9 Å². The van der Waals surface area contributed by atoms with Gasteiger partial charge in [-0.3, -0.25) is 4.79 Å². The molecule has 5 heteroatoms. The molecule has 2 fully saturated rings. The second-order valence-electron chi connectivity index (χ2n) is 10.4. The van der Waals surface area contributed by atoms with Gasteiger partial charge in [-0.2, -0.15) is 0 Å². The number of benzene rings is 3. The van der Waals surface area contributed by atoms with E-state index in [1.807, 2.05) is 17.0 Å². The highest BCUT2D eigenvalue weighted by atomic mass is 16.5. The number of amides is 1. The molecule has 0 aliphatic carbocycles. The fourth-order valence-electron chi connectivity index (χ4n) is 6.00. The van der Waals surface area contributed by atoms with Gasteiger partial charge in [0.25, 0.3) is 0 Å². The molecule has 0 N–H and O–H groups in total. The summed E-state index contributed by atoms with van der Waals surface area (Å²) in [6.07, 6.45) is 3.88. The van der Waals surface area contributed by atoms with Crippen molar-refractivity contribution in [2.24, 2.45) is 5.41 Å². The van der Waals surface area contributed by atoms with Crippen molar-refractivity contribution in [2.75, 3.05) is 33.3 Å². The molecule has 0 radical (unpaired) electrons. The molecule has 2 aliphatic heterocycles. The zero-order valence-electron chi connectivity index (χ0n) is 21.6. The predicted molar refractivity (Wildman–Crippen MR) is 145 cm³/mol. The number of nitrogens with zero attached hydrogens (tertiary/aromatic N) is 2. The first-order valence-corrected chi connectivity index (χ1v) is 13.4. The minimum atomic E-state index is -0.339. The third-order valence-corrected chi connectivity index (χ3v) is 8.30.